The molecule has 0 bridgehead atoms. The van der Waals surface area contributed by atoms with Gasteiger partial charge in [-0.2, -0.15) is 0 Å². The Bertz CT molecular complexity index is 1190. The summed E-state index contributed by atoms with van der Waals surface area (Å²) in [5.41, 5.74) is 5.25. The van der Waals surface area contributed by atoms with Crippen molar-refractivity contribution in [3.8, 4) is 22.1 Å². The summed E-state index contributed by atoms with van der Waals surface area (Å²) >= 11 is 2.84. The van der Waals surface area contributed by atoms with Crippen molar-refractivity contribution >= 4 is 33.7 Å². The molecular formula is C23H22N4O3S2. The molecule has 1 N–H and O–H groups in total. The zero-order chi connectivity index (χ0) is 22.5. The normalized spacial score (nSPS) is 10.9. The van der Waals surface area contributed by atoms with Crippen LogP contribution in [0.15, 0.2) is 53.4 Å². The zero-order valence-electron chi connectivity index (χ0n) is 17.9. The van der Waals surface area contributed by atoms with E-state index in [9.17, 15) is 4.79 Å². The Hall–Kier alpha value is -3.30. The summed E-state index contributed by atoms with van der Waals surface area (Å²) in [7, 11) is 1.54. The largest absolute Gasteiger partial charge is 0.493 e. The Morgan fingerprint density at radius 2 is 1.91 bits per heavy atom. The van der Waals surface area contributed by atoms with Crippen molar-refractivity contribution in [2.24, 2.45) is 0 Å². The Kier molecular flexibility index (Phi) is 6.77. The average molecular weight is 467 g/mol. The molecule has 0 spiro atoms. The first-order chi connectivity index (χ1) is 15.5. The minimum Gasteiger partial charge on any atom is -0.493 e. The second-order valence-corrected chi connectivity index (χ2v) is 8.97. The van der Waals surface area contributed by atoms with Gasteiger partial charge in [0.05, 0.1) is 18.3 Å². The minimum atomic E-state index is -0.299. The first-order valence-corrected chi connectivity index (χ1v) is 11.7. The van der Waals surface area contributed by atoms with Gasteiger partial charge in [-0.3, -0.25) is 10.1 Å². The molecule has 0 aliphatic rings. The third kappa shape index (κ3) is 5.12. The van der Waals surface area contributed by atoms with Gasteiger partial charge in [0.15, 0.2) is 11.5 Å². The van der Waals surface area contributed by atoms with Crippen LogP contribution < -0.4 is 14.8 Å². The van der Waals surface area contributed by atoms with Crippen LogP contribution in [-0.2, 0) is 6.61 Å². The molecule has 164 valence electrons. The number of nitrogens with zero attached hydrogens (tertiary/aromatic N) is 3. The molecule has 2 heterocycles. The monoisotopic (exact) mass is 466 g/mol. The lowest BCUT2D eigenvalue weighted by molar-refractivity contribution is 0.102. The minimum absolute atomic E-state index is 0.299. The van der Waals surface area contributed by atoms with E-state index in [1.54, 1.807) is 23.7 Å². The number of carbonyl (C=O) groups is 1. The molecule has 2 aromatic carbocycles. The second kappa shape index (κ2) is 9.88. The maximum atomic E-state index is 12.7. The maximum Gasteiger partial charge on any atom is 0.257 e. The van der Waals surface area contributed by atoms with Crippen LogP contribution in [0.3, 0.4) is 0 Å². The highest BCUT2D eigenvalue weighted by Crippen LogP contribution is 2.31. The van der Waals surface area contributed by atoms with Crippen molar-refractivity contribution in [1.29, 1.82) is 0 Å². The number of aromatic nitrogens is 3. The van der Waals surface area contributed by atoms with E-state index in [4.69, 9.17) is 9.47 Å². The number of hydrogen-bond acceptors (Lipinski definition) is 8. The number of hydrogen-bond donors (Lipinski definition) is 1. The van der Waals surface area contributed by atoms with Crippen molar-refractivity contribution in [3.63, 3.8) is 0 Å². The van der Waals surface area contributed by atoms with Gasteiger partial charge in [0.1, 0.15) is 11.6 Å². The van der Waals surface area contributed by atoms with Crippen LogP contribution in [0.5, 0.6) is 11.5 Å². The number of nitrogens with one attached hydrogen (secondary N) is 1. The molecule has 2 aromatic heterocycles. The van der Waals surface area contributed by atoms with E-state index < -0.39 is 0 Å². The van der Waals surface area contributed by atoms with Crippen molar-refractivity contribution < 1.29 is 14.3 Å². The number of carbonyl (C=O) groups excluding carboxylic acids is 1. The zero-order valence-corrected chi connectivity index (χ0v) is 19.5. The van der Waals surface area contributed by atoms with Gasteiger partial charge < -0.3 is 9.47 Å². The Balaban J connectivity index is 1.43. The summed E-state index contributed by atoms with van der Waals surface area (Å²) in [6, 6.07) is 13.3. The molecule has 0 saturated heterocycles. The van der Waals surface area contributed by atoms with Gasteiger partial charge in [-0.1, -0.05) is 49.4 Å². The van der Waals surface area contributed by atoms with Gasteiger partial charge in [0.25, 0.3) is 5.91 Å². The fraction of sp³-hybridized carbons (Fsp3) is 0.217. The first kappa shape index (κ1) is 21.9. The molecule has 0 radical (unpaired) electrons. The molecule has 4 aromatic rings. The third-order valence-corrected chi connectivity index (χ3v) is 6.28. The van der Waals surface area contributed by atoms with Gasteiger partial charge in [-0.15, -0.1) is 21.5 Å². The predicted molar refractivity (Wildman–Crippen MR) is 127 cm³/mol. The lowest BCUT2D eigenvalue weighted by Gasteiger charge is -2.11. The highest BCUT2D eigenvalue weighted by atomic mass is 32.1. The topological polar surface area (TPSA) is 86.2 Å². The summed E-state index contributed by atoms with van der Waals surface area (Å²) in [4.78, 5) is 16.9. The smallest absolute Gasteiger partial charge is 0.257 e. The molecule has 1 amide bonds. The lowest BCUT2D eigenvalue weighted by Crippen LogP contribution is -2.12. The van der Waals surface area contributed by atoms with Crippen molar-refractivity contribution in [2.45, 2.75) is 26.4 Å². The van der Waals surface area contributed by atoms with E-state index in [2.05, 4.69) is 46.5 Å². The quantitative estimate of drug-likeness (QED) is 0.362. The molecule has 0 aliphatic heterocycles. The molecular weight excluding hydrogens is 444 g/mol. The molecule has 0 saturated carbocycles. The van der Waals surface area contributed by atoms with Crippen LogP contribution in [0.25, 0.3) is 10.6 Å². The summed E-state index contributed by atoms with van der Waals surface area (Å²) in [5, 5.41) is 14.2. The van der Waals surface area contributed by atoms with Crippen LogP contribution in [0, 0.1) is 0 Å². The SMILES string of the molecule is COc1cc(C(=O)Nc2nnc(-c3ccc(C(C)C)cc3)s2)ccc1OCc1cscn1. The van der Waals surface area contributed by atoms with E-state index in [-0.39, 0.29) is 5.91 Å². The molecule has 0 unspecified atom stereocenters. The van der Waals surface area contributed by atoms with Crippen LogP contribution in [0.1, 0.15) is 41.4 Å². The Morgan fingerprint density at radius 1 is 1.09 bits per heavy atom. The van der Waals surface area contributed by atoms with Crippen LogP contribution in [-0.4, -0.2) is 28.2 Å². The molecule has 0 atom stereocenters. The number of amides is 1. The number of benzene rings is 2. The molecule has 0 aliphatic carbocycles. The highest BCUT2D eigenvalue weighted by Gasteiger charge is 2.15. The molecule has 32 heavy (non-hydrogen) atoms. The highest BCUT2D eigenvalue weighted by molar-refractivity contribution is 7.18. The number of anilines is 1. The van der Waals surface area contributed by atoms with Gasteiger partial charge >= 0.3 is 0 Å². The van der Waals surface area contributed by atoms with E-state index in [0.717, 1.165) is 16.3 Å². The molecule has 7 nitrogen and oxygen atoms in total. The summed E-state index contributed by atoms with van der Waals surface area (Å²) in [6.45, 7) is 4.64. The fourth-order valence-corrected chi connectivity index (χ4v) is 4.25. The molecule has 9 heteroatoms. The second-order valence-electron chi connectivity index (χ2n) is 7.28. The van der Waals surface area contributed by atoms with Crippen LogP contribution >= 0.6 is 22.7 Å². The molecule has 4 rings (SSSR count). The first-order valence-electron chi connectivity index (χ1n) is 9.96. The van der Waals surface area contributed by atoms with E-state index in [1.807, 2.05) is 17.5 Å². The van der Waals surface area contributed by atoms with E-state index >= 15 is 0 Å². The number of methoxy groups -OCH3 is 1. The summed E-state index contributed by atoms with van der Waals surface area (Å²) in [5.74, 6) is 1.18. The summed E-state index contributed by atoms with van der Waals surface area (Å²) < 4.78 is 11.2. The predicted octanol–water partition coefficient (Wildman–Crippen LogP) is 5.62. The Morgan fingerprint density at radius 3 is 2.59 bits per heavy atom. The number of ether oxygens (including phenoxy) is 2. The van der Waals surface area contributed by atoms with Gasteiger partial charge in [0.2, 0.25) is 5.13 Å². The third-order valence-electron chi connectivity index (χ3n) is 4.75. The standard InChI is InChI=1S/C23H22N4O3S2/c1-14(2)15-4-6-16(7-5-15)22-26-27-23(32-22)25-21(28)17-8-9-19(20(10-17)29-3)30-11-18-12-31-13-24-18/h4-10,12-14H,11H2,1-3H3,(H,25,27,28). The van der Waals surface area contributed by atoms with Gasteiger partial charge in [0, 0.05) is 16.5 Å². The fourth-order valence-electron chi connectivity index (χ4n) is 2.96. The number of rotatable bonds is 8. The van der Waals surface area contributed by atoms with Gasteiger partial charge in [-0.25, -0.2) is 4.98 Å². The van der Waals surface area contributed by atoms with Gasteiger partial charge in [-0.05, 0) is 29.7 Å². The van der Waals surface area contributed by atoms with Crippen molar-refractivity contribution in [1.82, 2.24) is 15.2 Å². The number of thiazole rings is 1. The van der Waals surface area contributed by atoms with Crippen LogP contribution in [0.2, 0.25) is 0 Å². The summed E-state index contributed by atoms with van der Waals surface area (Å²) in [6.07, 6.45) is 0. The van der Waals surface area contributed by atoms with E-state index in [1.165, 1.54) is 35.3 Å². The molecule has 0 fully saturated rings. The van der Waals surface area contributed by atoms with Crippen molar-refractivity contribution in [3.05, 3.63) is 70.2 Å². The van der Waals surface area contributed by atoms with Crippen LogP contribution in [0.4, 0.5) is 5.13 Å². The Labute approximate surface area is 194 Å². The lowest BCUT2D eigenvalue weighted by atomic mass is 10.0. The maximum absolute atomic E-state index is 12.7. The average Bonchev–Trinajstić information content (AvgIpc) is 3.50. The van der Waals surface area contributed by atoms with Crippen molar-refractivity contribution in [2.75, 3.05) is 12.4 Å². The van der Waals surface area contributed by atoms with E-state index in [0.29, 0.717) is 34.7 Å².